The molecule has 0 aliphatic rings. The molecule has 0 amide bonds. The van der Waals surface area contributed by atoms with Crippen LogP contribution in [0.15, 0.2) is 115 Å². The highest BCUT2D eigenvalue weighted by Crippen LogP contribution is 2.47. The first kappa shape index (κ1) is 22.2. The van der Waals surface area contributed by atoms with Crippen LogP contribution in [0.1, 0.15) is 5.56 Å². The summed E-state index contributed by atoms with van der Waals surface area (Å²) in [5.74, 6) is -1.50. The first-order valence-electron chi connectivity index (χ1n) is 12.4. The maximum atomic E-state index is 15.5. The molecule has 0 saturated carbocycles. The number of nitrogens with zero attached hydrogens (tertiary/aromatic N) is 1. The van der Waals surface area contributed by atoms with Crippen molar-refractivity contribution in [1.82, 2.24) is 0 Å². The van der Waals surface area contributed by atoms with Crippen molar-refractivity contribution in [2.45, 2.75) is 0 Å². The topological polar surface area (TPSA) is 23.8 Å². The molecule has 0 spiro atoms. The largest absolute Gasteiger partial charge is 0.206 e. The maximum Gasteiger partial charge on any atom is 0.135 e. The van der Waals surface area contributed by atoms with E-state index in [1.807, 2.05) is 72.8 Å². The van der Waals surface area contributed by atoms with Gasteiger partial charge < -0.3 is 0 Å². The van der Waals surface area contributed by atoms with E-state index in [1.165, 1.54) is 5.39 Å². The normalized spacial score (nSPS) is 11.4. The fourth-order valence-electron chi connectivity index (χ4n) is 5.83. The van der Waals surface area contributed by atoms with Crippen LogP contribution in [0.3, 0.4) is 0 Å². The third-order valence-electron chi connectivity index (χ3n) is 7.39. The van der Waals surface area contributed by atoms with Crippen molar-refractivity contribution < 1.29 is 8.78 Å². The van der Waals surface area contributed by atoms with Gasteiger partial charge in [-0.3, -0.25) is 0 Å². The predicted octanol–water partition coefficient (Wildman–Crippen LogP) is 9.78. The second kappa shape index (κ2) is 8.50. The van der Waals surface area contributed by atoms with E-state index < -0.39 is 11.6 Å². The van der Waals surface area contributed by atoms with Crippen LogP contribution in [0.25, 0.3) is 65.3 Å². The number of halogens is 2. The number of hydrogen-bond acceptors (Lipinski definition) is 1. The summed E-state index contributed by atoms with van der Waals surface area (Å²) in [7, 11) is 0. The lowest BCUT2D eigenvalue weighted by Gasteiger charge is -2.20. The first-order chi connectivity index (χ1) is 18.7. The smallest absolute Gasteiger partial charge is 0.135 e. The Morgan fingerprint density at radius 1 is 0.447 bits per heavy atom. The van der Waals surface area contributed by atoms with Crippen molar-refractivity contribution in [3.63, 3.8) is 0 Å². The van der Waals surface area contributed by atoms with Gasteiger partial charge in [0.2, 0.25) is 0 Å². The molecule has 7 aromatic rings. The van der Waals surface area contributed by atoms with Gasteiger partial charge in [0.1, 0.15) is 11.6 Å². The highest BCUT2D eigenvalue weighted by molar-refractivity contribution is 6.25. The van der Waals surface area contributed by atoms with Crippen molar-refractivity contribution in [2.75, 3.05) is 0 Å². The molecule has 0 aliphatic heterocycles. The second-order valence-corrected chi connectivity index (χ2v) is 9.46. The Bertz CT molecular complexity index is 2040. The minimum atomic E-state index is -0.749. The molecule has 178 valence electrons. The summed E-state index contributed by atoms with van der Waals surface area (Å²) in [6.07, 6.45) is 0. The van der Waals surface area contributed by atoms with E-state index in [0.717, 1.165) is 61.0 Å². The molecule has 0 N–H and O–H groups in total. The zero-order valence-corrected chi connectivity index (χ0v) is 20.2. The fourth-order valence-corrected chi connectivity index (χ4v) is 5.83. The molecule has 3 heteroatoms. The van der Waals surface area contributed by atoms with Crippen LogP contribution in [0, 0.1) is 23.0 Å². The van der Waals surface area contributed by atoms with Crippen LogP contribution in [0.2, 0.25) is 0 Å². The van der Waals surface area contributed by atoms with E-state index >= 15 is 8.78 Å². The van der Waals surface area contributed by atoms with E-state index in [0.29, 0.717) is 5.56 Å². The van der Waals surface area contributed by atoms with Crippen LogP contribution in [0.5, 0.6) is 0 Å². The van der Waals surface area contributed by atoms with Gasteiger partial charge >= 0.3 is 0 Å². The van der Waals surface area contributed by atoms with Crippen molar-refractivity contribution in [1.29, 1.82) is 5.26 Å². The van der Waals surface area contributed by atoms with Gasteiger partial charge in [-0.2, -0.15) is 5.26 Å². The van der Waals surface area contributed by atoms with Crippen LogP contribution in [-0.4, -0.2) is 0 Å². The standard InChI is InChI=1S/C35H19F2N/c36-31-17-21(20-38)18-32(37)35(31)34-28-15-7-5-13-26(28)33(27-14-6-8-16-29(27)34)30-19-22-9-1-2-10-23(22)24-11-3-4-12-25(24)30/h1-19H. The number of fused-ring (bicyclic) bond motifs is 5. The average Bonchev–Trinajstić information content (AvgIpc) is 2.96. The monoisotopic (exact) mass is 491 g/mol. The zero-order valence-electron chi connectivity index (χ0n) is 20.2. The third-order valence-corrected chi connectivity index (χ3v) is 7.39. The van der Waals surface area contributed by atoms with Gasteiger partial charge in [-0.05, 0) is 72.4 Å². The van der Waals surface area contributed by atoms with Crippen LogP contribution < -0.4 is 0 Å². The summed E-state index contributed by atoms with van der Waals surface area (Å²) in [6, 6.07) is 38.5. The summed E-state index contributed by atoms with van der Waals surface area (Å²) in [5.41, 5.74) is 2.42. The zero-order chi connectivity index (χ0) is 25.8. The van der Waals surface area contributed by atoms with Crippen LogP contribution in [-0.2, 0) is 0 Å². The molecule has 0 aromatic heterocycles. The van der Waals surface area contributed by atoms with Gasteiger partial charge in [-0.1, -0.05) is 97.1 Å². The molecule has 0 fully saturated rings. The van der Waals surface area contributed by atoms with Gasteiger partial charge in [0.05, 0.1) is 17.2 Å². The molecule has 0 saturated heterocycles. The molecule has 0 aliphatic carbocycles. The summed E-state index contributed by atoms with van der Waals surface area (Å²) in [5, 5.41) is 17.1. The molecule has 0 heterocycles. The molecule has 0 atom stereocenters. The Morgan fingerprint density at radius 2 is 0.895 bits per heavy atom. The summed E-state index contributed by atoms with van der Waals surface area (Å²) in [4.78, 5) is 0. The highest BCUT2D eigenvalue weighted by Gasteiger charge is 2.22. The Balaban J connectivity index is 1.70. The van der Waals surface area contributed by atoms with Crippen LogP contribution >= 0.6 is 0 Å². The summed E-state index contributed by atoms with van der Waals surface area (Å²) in [6.45, 7) is 0. The van der Waals surface area contributed by atoms with Gasteiger partial charge in [0, 0.05) is 5.56 Å². The van der Waals surface area contributed by atoms with Crippen molar-refractivity contribution in [3.8, 4) is 28.3 Å². The lowest BCUT2D eigenvalue weighted by atomic mass is 9.83. The van der Waals surface area contributed by atoms with E-state index in [4.69, 9.17) is 0 Å². The predicted molar refractivity (Wildman–Crippen MR) is 152 cm³/mol. The van der Waals surface area contributed by atoms with Crippen molar-refractivity contribution in [3.05, 3.63) is 132 Å². The van der Waals surface area contributed by atoms with Gasteiger partial charge in [0.25, 0.3) is 0 Å². The Morgan fingerprint density at radius 3 is 1.45 bits per heavy atom. The molecule has 0 radical (unpaired) electrons. The number of rotatable bonds is 2. The minimum absolute atomic E-state index is 0.0448. The molecular weight excluding hydrogens is 472 g/mol. The summed E-state index contributed by atoms with van der Waals surface area (Å²) < 4.78 is 30.9. The van der Waals surface area contributed by atoms with E-state index in [1.54, 1.807) is 0 Å². The lowest BCUT2D eigenvalue weighted by Crippen LogP contribution is -1.97. The quantitative estimate of drug-likeness (QED) is 0.174. The summed E-state index contributed by atoms with van der Waals surface area (Å²) >= 11 is 0. The highest BCUT2D eigenvalue weighted by atomic mass is 19.1. The molecule has 0 bridgehead atoms. The molecule has 7 rings (SSSR count). The third kappa shape index (κ3) is 3.21. The molecule has 0 unspecified atom stereocenters. The van der Waals surface area contributed by atoms with Crippen molar-refractivity contribution in [2.24, 2.45) is 0 Å². The van der Waals surface area contributed by atoms with Crippen molar-refractivity contribution >= 4 is 43.1 Å². The average molecular weight is 492 g/mol. The molecular formula is C35H19F2N. The molecule has 38 heavy (non-hydrogen) atoms. The van der Waals surface area contributed by atoms with Gasteiger partial charge in [0.15, 0.2) is 0 Å². The number of nitriles is 1. The Kier molecular flexibility index (Phi) is 4.96. The fraction of sp³-hybridized carbons (Fsp3) is 0. The molecule has 1 nitrogen and oxygen atoms in total. The lowest BCUT2D eigenvalue weighted by molar-refractivity contribution is 0.589. The van der Waals surface area contributed by atoms with Crippen LogP contribution in [0.4, 0.5) is 8.78 Å². The van der Waals surface area contributed by atoms with Gasteiger partial charge in [-0.25, -0.2) is 8.78 Å². The maximum absolute atomic E-state index is 15.5. The van der Waals surface area contributed by atoms with E-state index in [-0.39, 0.29) is 11.1 Å². The van der Waals surface area contributed by atoms with E-state index in [2.05, 4.69) is 36.4 Å². The number of hydrogen-bond donors (Lipinski definition) is 0. The second-order valence-electron chi connectivity index (χ2n) is 9.46. The molecule has 7 aromatic carbocycles. The SMILES string of the molecule is N#Cc1cc(F)c(-c2c3ccccc3c(-c3cc4ccccc4c4ccccc34)c3ccccc23)c(F)c1. The number of benzene rings is 7. The Labute approximate surface area is 217 Å². The van der Waals surface area contributed by atoms with Gasteiger partial charge in [-0.15, -0.1) is 0 Å². The van der Waals surface area contributed by atoms with E-state index in [9.17, 15) is 5.26 Å². The first-order valence-corrected chi connectivity index (χ1v) is 12.4. The minimum Gasteiger partial charge on any atom is -0.206 e. The Hall–Kier alpha value is -5.07.